The van der Waals surface area contributed by atoms with Crippen LogP contribution in [-0.4, -0.2) is 30.0 Å². The summed E-state index contributed by atoms with van der Waals surface area (Å²) in [4.78, 5) is 27.5. The Kier molecular flexibility index (Phi) is 5.11. The zero-order valence-corrected chi connectivity index (χ0v) is 14.7. The lowest BCUT2D eigenvalue weighted by atomic mass is 9.92. The maximum Gasteiger partial charge on any atom is 0.338 e. The van der Waals surface area contributed by atoms with E-state index in [1.54, 1.807) is 0 Å². The van der Waals surface area contributed by atoms with E-state index in [0.29, 0.717) is 5.56 Å². The topological polar surface area (TPSA) is 76.0 Å². The van der Waals surface area contributed by atoms with Crippen LogP contribution in [-0.2, 0) is 9.26 Å². The summed E-state index contributed by atoms with van der Waals surface area (Å²) >= 11 is 0. The molecule has 0 heterocycles. The highest BCUT2D eigenvalue weighted by Crippen LogP contribution is 2.35. The fourth-order valence-electron chi connectivity index (χ4n) is 3.02. The van der Waals surface area contributed by atoms with Crippen molar-refractivity contribution in [2.75, 3.05) is 14.2 Å². The molecule has 0 amide bonds. The van der Waals surface area contributed by atoms with E-state index in [4.69, 9.17) is 14.5 Å². The van der Waals surface area contributed by atoms with Gasteiger partial charge in [0.1, 0.15) is 0 Å². The first-order valence-corrected chi connectivity index (χ1v) is 8.70. The molecule has 6 heteroatoms. The second-order valence-corrected chi connectivity index (χ2v) is 6.27. The minimum absolute atomic E-state index is 0.289. The van der Waals surface area contributed by atoms with E-state index in [1.807, 2.05) is 18.2 Å². The minimum atomic E-state index is -2.10. The van der Waals surface area contributed by atoms with Crippen LogP contribution in [0.2, 0.25) is 0 Å². The van der Waals surface area contributed by atoms with Crippen LogP contribution in [0.25, 0.3) is 32.3 Å². The van der Waals surface area contributed by atoms with Crippen LogP contribution < -0.4 is 0 Å². The summed E-state index contributed by atoms with van der Waals surface area (Å²) in [5.74, 6) is -0.289. The molecule has 0 aliphatic carbocycles. The molecule has 0 saturated heterocycles. The van der Waals surface area contributed by atoms with Crippen LogP contribution >= 0.6 is 8.60 Å². The van der Waals surface area contributed by atoms with Gasteiger partial charge in [-0.3, -0.25) is 0 Å². The molecule has 2 N–H and O–H groups in total. The SMILES string of the molecule is COC(=O)c1ccc2ccc3cccc4ccc1c2c34.COP(O)O. The lowest BCUT2D eigenvalue weighted by Gasteiger charge is -2.12. The molecule has 128 valence electrons. The number of rotatable bonds is 2. The summed E-state index contributed by atoms with van der Waals surface area (Å²) in [5, 5.41) is 6.86. The van der Waals surface area contributed by atoms with Crippen molar-refractivity contribution in [1.29, 1.82) is 0 Å². The van der Waals surface area contributed by atoms with E-state index >= 15 is 0 Å². The Hall–Kier alpha value is -2.30. The third-order valence-corrected chi connectivity index (χ3v) is 4.42. The van der Waals surface area contributed by atoms with Crippen molar-refractivity contribution in [3.05, 3.63) is 60.2 Å². The molecule has 0 aliphatic rings. The maximum absolute atomic E-state index is 11.9. The van der Waals surface area contributed by atoms with Gasteiger partial charge in [0.25, 0.3) is 0 Å². The van der Waals surface area contributed by atoms with Gasteiger partial charge in [-0.15, -0.1) is 0 Å². The highest BCUT2D eigenvalue weighted by molar-refractivity contribution is 7.39. The Morgan fingerprint density at radius 1 is 0.840 bits per heavy atom. The lowest BCUT2D eigenvalue weighted by molar-refractivity contribution is 0.0603. The van der Waals surface area contributed by atoms with Crippen LogP contribution in [0.15, 0.2) is 54.6 Å². The summed E-state index contributed by atoms with van der Waals surface area (Å²) in [5.41, 5.74) is 0.623. The van der Waals surface area contributed by atoms with E-state index in [-0.39, 0.29) is 5.97 Å². The van der Waals surface area contributed by atoms with Crippen LogP contribution in [0.3, 0.4) is 0 Å². The van der Waals surface area contributed by atoms with Crippen LogP contribution in [0.1, 0.15) is 10.4 Å². The van der Waals surface area contributed by atoms with Gasteiger partial charge in [-0.1, -0.05) is 48.5 Å². The highest BCUT2D eigenvalue weighted by Gasteiger charge is 2.14. The summed E-state index contributed by atoms with van der Waals surface area (Å²) in [6.45, 7) is 0. The second-order valence-electron chi connectivity index (χ2n) is 5.40. The molecule has 5 nitrogen and oxygen atoms in total. The fraction of sp³-hybridized carbons (Fsp3) is 0.105. The first-order chi connectivity index (χ1) is 12.1. The average Bonchev–Trinajstić information content (AvgIpc) is 2.65. The van der Waals surface area contributed by atoms with Crippen LogP contribution in [0.5, 0.6) is 0 Å². The summed E-state index contributed by atoms with van der Waals surface area (Å²) in [6, 6.07) is 18.4. The van der Waals surface area contributed by atoms with E-state index < -0.39 is 8.60 Å². The van der Waals surface area contributed by atoms with Gasteiger partial charge in [-0.2, -0.15) is 0 Å². The van der Waals surface area contributed by atoms with Gasteiger partial charge in [-0.05, 0) is 38.4 Å². The fourth-order valence-corrected chi connectivity index (χ4v) is 3.02. The monoisotopic (exact) mass is 356 g/mol. The largest absolute Gasteiger partial charge is 0.465 e. The smallest absolute Gasteiger partial charge is 0.338 e. The van der Waals surface area contributed by atoms with Gasteiger partial charge in [0.15, 0.2) is 0 Å². The van der Waals surface area contributed by atoms with E-state index in [2.05, 4.69) is 40.9 Å². The second kappa shape index (κ2) is 7.30. The normalized spacial score (nSPS) is 11.1. The number of carbonyl (C=O) groups excluding carboxylic acids is 1. The number of carbonyl (C=O) groups is 1. The Labute approximate surface area is 145 Å². The van der Waals surface area contributed by atoms with Gasteiger partial charge in [0.05, 0.1) is 12.7 Å². The quantitative estimate of drug-likeness (QED) is 0.320. The van der Waals surface area contributed by atoms with Gasteiger partial charge < -0.3 is 19.0 Å². The van der Waals surface area contributed by atoms with E-state index in [1.165, 1.54) is 30.4 Å². The van der Waals surface area contributed by atoms with Crippen LogP contribution in [0.4, 0.5) is 0 Å². The van der Waals surface area contributed by atoms with Crippen molar-refractivity contribution in [3.8, 4) is 0 Å². The molecule has 0 bridgehead atoms. The molecule has 4 rings (SSSR count). The van der Waals surface area contributed by atoms with Crippen molar-refractivity contribution in [2.45, 2.75) is 0 Å². The zero-order valence-electron chi connectivity index (χ0n) is 13.8. The van der Waals surface area contributed by atoms with Gasteiger partial charge >= 0.3 is 14.6 Å². The van der Waals surface area contributed by atoms with E-state index in [0.717, 1.165) is 16.2 Å². The Morgan fingerprint density at radius 3 is 1.92 bits per heavy atom. The third kappa shape index (κ3) is 3.28. The van der Waals surface area contributed by atoms with Gasteiger partial charge in [0, 0.05) is 7.11 Å². The van der Waals surface area contributed by atoms with Gasteiger partial charge in [-0.25, -0.2) is 4.79 Å². The summed E-state index contributed by atoms with van der Waals surface area (Å²) in [6.07, 6.45) is 0. The summed E-state index contributed by atoms with van der Waals surface area (Å²) < 4.78 is 8.81. The minimum Gasteiger partial charge on any atom is -0.465 e. The lowest BCUT2D eigenvalue weighted by Crippen LogP contribution is -2.02. The zero-order chi connectivity index (χ0) is 18.0. The molecule has 0 aliphatic heterocycles. The molecule has 0 spiro atoms. The summed E-state index contributed by atoms with van der Waals surface area (Å²) in [7, 11) is 0.547. The molecule has 0 aromatic heterocycles. The molecule has 0 fully saturated rings. The van der Waals surface area contributed by atoms with Gasteiger partial charge in [0.2, 0.25) is 0 Å². The van der Waals surface area contributed by atoms with E-state index in [9.17, 15) is 4.79 Å². The van der Waals surface area contributed by atoms with Crippen molar-refractivity contribution >= 4 is 46.9 Å². The Balaban J connectivity index is 0.000000324. The van der Waals surface area contributed by atoms with Crippen LogP contribution in [0, 0.1) is 0 Å². The van der Waals surface area contributed by atoms with Crippen molar-refractivity contribution in [1.82, 2.24) is 0 Å². The standard InChI is InChI=1S/C18H12O2.CH5O3P/c1-20-18(19)15-10-8-13-6-5-11-3-2-4-12-7-9-14(15)17(13)16(11)12;1-4-5(2)3/h2-10H,1H3;2-3H,1H3. The molecule has 0 radical (unpaired) electrons. The van der Waals surface area contributed by atoms with Crippen molar-refractivity contribution in [3.63, 3.8) is 0 Å². The number of hydrogen-bond acceptors (Lipinski definition) is 5. The average molecular weight is 356 g/mol. The number of esters is 1. The first-order valence-electron chi connectivity index (χ1n) is 7.53. The Morgan fingerprint density at radius 2 is 1.36 bits per heavy atom. The predicted molar refractivity (Wildman–Crippen MR) is 99.9 cm³/mol. The predicted octanol–water partition coefficient (Wildman–Crippen LogP) is 4.21. The molecular formula is C19H17O5P. The molecular weight excluding hydrogens is 339 g/mol. The molecule has 0 saturated carbocycles. The highest BCUT2D eigenvalue weighted by atomic mass is 31.2. The number of methoxy groups -OCH3 is 1. The molecule has 0 unspecified atom stereocenters. The first kappa shape index (κ1) is 17.5. The van der Waals surface area contributed by atoms with Crippen molar-refractivity contribution < 1.29 is 23.8 Å². The number of benzene rings is 4. The Bertz CT molecular complexity index is 1010. The molecule has 25 heavy (non-hydrogen) atoms. The molecule has 4 aromatic carbocycles. The molecule has 4 aromatic rings. The molecule has 0 atom stereocenters. The maximum atomic E-state index is 11.9. The number of hydrogen-bond donors (Lipinski definition) is 2. The third-order valence-electron chi connectivity index (χ3n) is 4.10. The number of ether oxygens (including phenoxy) is 1. The van der Waals surface area contributed by atoms with Crippen molar-refractivity contribution in [2.24, 2.45) is 0 Å².